The summed E-state index contributed by atoms with van der Waals surface area (Å²) in [7, 11) is 1.78. The lowest BCUT2D eigenvalue weighted by atomic mass is 10.1. The van der Waals surface area contributed by atoms with Crippen molar-refractivity contribution in [2.75, 3.05) is 7.05 Å². The van der Waals surface area contributed by atoms with Gasteiger partial charge >= 0.3 is 0 Å². The van der Waals surface area contributed by atoms with Crippen LogP contribution in [0.15, 0.2) is 34.8 Å². The standard InChI is InChI=1S/C15H20N4S.HI/c1-11-5-4-6-13(7-11)8-17-15(16-3)18-9-14-12(2)19-10-20-14;/h4-7,10H,8-9H2,1-3H3,(H2,16,17,18);1H. The minimum absolute atomic E-state index is 0. The summed E-state index contributed by atoms with van der Waals surface area (Å²) in [5.41, 5.74) is 5.47. The number of benzene rings is 1. The molecule has 0 fully saturated rings. The summed E-state index contributed by atoms with van der Waals surface area (Å²) in [6.45, 7) is 5.65. The molecule has 0 saturated heterocycles. The van der Waals surface area contributed by atoms with Gasteiger partial charge in [0, 0.05) is 18.5 Å². The number of aliphatic imine (C=N–C) groups is 1. The van der Waals surface area contributed by atoms with Crippen LogP contribution in [0.2, 0.25) is 0 Å². The molecular formula is C15H21IN4S. The van der Waals surface area contributed by atoms with Crippen molar-refractivity contribution in [3.8, 4) is 0 Å². The summed E-state index contributed by atoms with van der Waals surface area (Å²) < 4.78 is 0. The van der Waals surface area contributed by atoms with Gasteiger partial charge < -0.3 is 10.6 Å². The quantitative estimate of drug-likeness (QED) is 0.457. The Hall–Kier alpha value is -1.15. The van der Waals surface area contributed by atoms with Crippen LogP contribution in [0.3, 0.4) is 0 Å². The number of aryl methyl sites for hydroxylation is 2. The second-order valence-electron chi connectivity index (χ2n) is 4.63. The van der Waals surface area contributed by atoms with Gasteiger partial charge in [-0.2, -0.15) is 0 Å². The lowest BCUT2D eigenvalue weighted by Crippen LogP contribution is -2.36. The molecule has 4 nitrogen and oxygen atoms in total. The number of nitrogens with zero attached hydrogens (tertiary/aromatic N) is 2. The molecule has 2 aromatic rings. The highest BCUT2D eigenvalue weighted by atomic mass is 127. The van der Waals surface area contributed by atoms with E-state index < -0.39 is 0 Å². The molecule has 114 valence electrons. The van der Waals surface area contributed by atoms with E-state index >= 15 is 0 Å². The van der Waals surface area contributed by atoms with Crippen LogP contribution in [0.5, 0.6) is 0 Å². The van der Waals surface area contributed by atoms with Crippen LogP contribution in [0.1, 0.15) is 21.7 Å². The van der Waals surface area contributed by atoms with E-state index in [4.69, 9.17) is 0 Å². The van der Waals surface area contributed by atoms with Gasteiger partial charge in [-0.05, 0) is 19.4 Å². The molecule has 6 heteroatoms. The van der Waals surface area contributed by atoms with Crippen LogP contribution in [0.25, 0.3) is 0 Å². The van der Waals surface area contributed by atoms with Crippen LogP contribution in [-0.2, 0) is 13.1 Å². The molecule has 0 radical (unpaired) electrons. The Morgan fingerprint density at radius 1 is 1.24 bits per heavy atom. The lowest BCUT2D eigenvalue weighted by Gasteiger charge is -2.11. The van der Waals surface area contributed by atoms with Crippen molar-refractivity contribution in [3.63, 3.8) is 0 Å². The van der Waals surface area contributed by atoms with Crippen molar-refractivity contribution in [1.29, 1.82) is 0 Å². The van der Waals surface area contributed by atoms with Crippen molar-refractivity contribution in [1.82, 2.24) is 15.6 Å². The highest BCUT2D eigenvalue weighted by Crippen LogP contribution is 2.11. The topological polar surface area (TPSA) is 49.3 Å². The number of halogens is 1. The summed E-state index contributed by atoms with van der Waals surface area (Å²) >= 11 is 1.66. The molecule has 0 aliphatic carbocycles. The van der Waals surface area contributed by atoms with E-state index in [1.165, 1.54) is 16.0 Å². The second-order valence-corrected chi connectivity index (χ2v) is 5.57. The van der Waals surface area contributed by atoms with Crippen molar-refractivity contribution < 1.29 is 0 Å². The summed E-state index contributed by atoms with van der Waals surface area (Å²) in [6, 6.07) is 8.46. The number of aromatic nitrogens is 1. The van der Waals surface area contributed by atoms with Crippen LogP contribution < -0.4 is 10.6 Å². The zero-order valence-electron chi connectivity index (χ0n) is 12.5. The minimum Gasteiger partial charge on any atom is -0.352 e. The molecule has 0 bridgehead atoms. The van der Waals surface area contributed by atoms with Crippen molar-refractivity contribution in [2.45, 2.75) is 26.9 Å². The van der Waals surface area contributed by atoms with Crippen molar-refractivity contribution >= 4 is 41.3 Å². The highest BCUT2D eigenvalue weighted by Gasteiger charge is 2.03. The molecule has 1 heterocycles. The third-order valence-electron chi connectivity index (χ3n) is 3.03. The predicted molar refractivity (Wildman–Crippen MR) is 100 cm³/mol. The minimum atomic E-state index is 0. The van der Waals surface area contributed by atoms with E-state index in [0.717, 1.165) is 24.7 Å². The molecule has 1 aromatic carbocycles. The Labute approximate surface area is 147 Å². The third kappa shape index (κ3) is 5.62. The van der Waals surface area contributed by atoms with E-state index in [1.54, 1.807) is 18.4 Å². The Bertz CT molecular complexity index is 595. The normalized spacial score (nSPS) is 10.9. The van der Waals surface area contributed by atoms with Gasteiger partial charge in [0.15, 0.2) is 5.96 Å². The van der Waals surface area contributed by atoms with E-state index in [9.17, 15) is 0 Å². The van der Waals surface area contributed by atoms with E-state index in [1.807, 2.05) is 12.4 Å². The number of nitrogens with one attached hydrogen (secondary N) is 2. The first-order valence-corrected chi connectivity index (χ1v) is 7.46. The molecule has 0 aliphatic heterocycles. The van der Waals surface area contributed by atoms with Gasteiger partial charge in [-0.3, -0.25) is 4.99 Å². The molecule has 0 saturated carbocycles. The predicted octanol–water partition coefficient (Wildman–Crippen LogP) is 3.24. The van der Waals surface area contributed by atoms with E-state index in [2.05, 4.69) is 51.8 Å². The average Bonchev–Trinajstić information content (AvgIpc) is 2.85. The molecule has 0 spiro atoms. The zero-order chi connectivity index (χ0) is 14.4. The van der Waals surface area contributed by atoms with Crippen LogP contribution >= 0.6 is 35.3 Å². The Morgan fingerprint density at radius 2 is 2.00 bits per heavy atom. The fourth-order valence-electron chi connectivity index (χ4n) is 1.89. The first-order valence-electron chi connectivity index (χ1n) is 6.58. The maximum atomic E-state index is 4.24. The molecule has 0 unspecified atom stereocenters. The average molecular weight is 416 g/mol. The lowest BCUT2D eigenvalue weighted by molar-refractivity contribution is 0.811. The van der Waals surface area contributed by atoms with Crippen LogP contribution in [-0.4, -0.2) is 18.0 Å². The molecule has 0 atom stereocenters. The highest BCUT2D eigenvalue weighted by molar-refractivity contribution is 14.0. The summed E-state index contributed by atoms with van der Waals surface area (Å²) in [6.07, 6.45) is 0. The van der Waals surface area contributed by atoms with E-state index in [-0.39, 0.29) is 24.0 Å². The monoisotopic (exact) mass is 416 g/mol. The maximum Gasteiger partial charge on any atom is 0.191 e. The molecule has 1 aromatic heterocycles. The van der Waals surface area contributed by atoms with Gasteiger partial charge in [0.1, 0.15) is 0 Å². The zero-order valence-corrected chi connectivity index (χ0v) is 15.7. The van der Waals surface area contributed by atoms with Gasteiger partial charge in [0.05, 0.1) is 17.7 Å². The summed E-state index contributed by atoms with van der Waals surface area (Å²) in [4.78, 5) is 9.71. The number of hydrogen-bond acceptors (Lipinski definition) is 3. The van der Waals surface area contributed by atoms with Crippen LogP contribution in [0.4, 0.5) is 0 Å². The summed E-state index contributed by atoms with van der Waals surface area (Å²) in [5, 5.41) is 6.62. The molecule has 2 rings (SSSR count). The molecule has 2 N–H and O–H groups in total. The molecule has 0 aliphatic rings. The second kappa shape index (κ2) is 8.99. The van der Waals surface area contributed by atoms with Gasteiger partial charge in [0.2, 0.25) is 0 Å². The van der Waals surface area contributed by atoms with Gasteiger partial charge in [-0.25, -0.2) is 4.98 Å². The maximum absolute atomic E-state index is 4.24. The number of hydrogen-bond donors (Lipinski definition) is 2. The largest absolute Gasteiger partial charge is 0.352 e. The Kier molecular flexibility index (Phi) is 7.66. The number of guanidine groups is 1. The summed E-state index contributed by atoms with van der Waals surface area (Å²) in [5.74, 6) is 0.805. The Morgan fingerprint density at radius 3 is 2.62 bits per heavy atom. The van der Waals surface area contributed by atoms with Gasteiger partial charge in [-0.1, -0.05) is 29.8 Å². The number of rotatable bonds is 4. The SMILES string of the molecule is CN=C(NCc1cccc(C)c1)NCc1scnc1C.I. The van der Waals surface area contributed by atoms with Crippen molar-refractivity contribution in [2.24, 2.45) is 4.99 Å². The Balaban J connectivity index is 0.00000220. The first-order chi connectivity index (χ1) is 9.69. The third-order valence-corrected chi connectivity index (χ3v) is 3.96. The smallest absolute Gasteiger partial charge is 0.191 e. The molecular weight excluding hydrogens is 395 g/mol. The first kappa shape index (κ1) is 17.9. The van der Waals surface area contributed by atoms with E-state index in [0.29, 0.717) is 0 Å². The fourth-order valence-corrected chi connectivity index (χ4v) is 2.61. The van der Waals surface area contributed by atoms with Crippen LogP contribution in [0, 0.1) is 13.8 Å². The number of thiazole rings is 1. The molecule has 0 amide bonds. The van der Waals surface area contributed by atoms with Gasteiger partial charge in [-0.15, -0.1) is 35.3 Å². The molecule has 21 heavy (non-hydrogen) atoms. The van der Waals surface area contributed by atoms with Crippen molar-refractivity contribution in [3.05, 3.63) is 51.5 Å². The fraction of sp³-hybridized carbons (Fsp3) is 0.333. The van der Waals surface area contributed by atoms with Gasteiger partial charge in [0.25, 0.3) is 0 Å².